The van der Waals surface area contributed by atoms with Gasteiger partial charge >= 0.3 is 0 Å². The fourth-order valence-corrected chi connectivity index (χ4v) is 1.36. The van der Waals surface area contributed by atoms with Crippen molar-refractivity contribution in [2.75, 3.05) is 20.7 Å². The lowest BCUT2D eigenvalue weighted by Crippen LogP contribution is -2.14. The van der Waals surface area contributed by atoms with E-state index in [-0.39, 0.29) is 5.78 Å². The number of ether oxygens (including phenoxy) is 1. The maximum atomic E-state index is 11.5. The van der Waals surface area contributed by atoms with Crippen molar-refractivity contribution >= 4 is 5.78 Å². The highest BCUT2D eigenvalue weighted by Gasteiger charge is 2.03. The lowest BCUT2D eigenvalue weighted by molar-refractivity contribution is -0.118. The van der Waals surface area contributed by atoms with E-state index in [0.29, 0.717) is 12.8 Å². The summed E-state index contributed by atoms with van der Waals surface area (Å²) in [5, 5.41) is 2.96. The molecule has 1 aromatic carbocycles. The summed E-state index contributed by atoms with van der Waals surface area (Å²) in [7, 11) is 3.47. The van der Waals surface area contributed by atoms with E-state index in [4.69, 9.17) is 4.74 Å². The Labute approximate surface area is 90.4 Å². The summed E-state index contributed by atoms with van der Waals surface area (Å²) < 4.78 is 5.09. The second-order valence-electron chi connectivity index (χ2n) is 3.42. The molecule has 0 unspecified atom stereocenters. The van der Waals surface area contributed by atoms with Gasteiger partial charge in [-0.2, -0.15) is 0 Å². The Morgan fingerprint density at radius 2 is 2.27 bits per heavy atom. The fraction of sp³-hybridized carbons (Fsp3) is 0.417. The van der Waals surface area contributed by atoms with Gasteiger partial charge in [-0.1, -0.05) is 12.1 Å². The molecule has 82 valence electrons. The van der Waals surface area contributed by atoms with Crippen molar-refractivity contribution in [2.45, 2.75) is 12.8 Å². The highest BCUT2D eigenvalue weighted by atomic mass is 16.5. The minimum Gasteiger partial charge on any atom is -0.497 e. The van der Waals surface area contributed by atoms with Gasteiger partial charge in [-0.25, -0.2) is 0 Å². The van der Waals surface area contributed by atoms with Gasteiger partial charge in [0.15, 0.2) is 0 Å². The van der Waals surface area contributed by atoms with Crippen LogP contribution in [0.2, 0.25) is 0 Å². The highest BCUT2D eigenvalue weighted by Crippen LogP contribution is 2.13. The molecule has 0 saturated heterocycles. The summed E-state index contributed by atoms with van der Waals surface area (Å²) in [4.78, 5) is 11.5. The summed E-state index contributed by atoms with van der Waals surface area (Å²) in [6.07, 6.45) is 1.06. The predicted molar refractivity (Wildman–Crippen MR) is 60.2 cm³/mol. The SMILES string of the molecule is CNCCC(=O)Cc1cccc(OC)c1. The summed E-state index contributed by atoms with van der Waals surface area (Å²) in [6, 6.07) is 7.62. The molecule has 0 bridgehead atoms. The van der Waals surface area contributed by atoms with Crippen LogP contribution in [0.3, 0.4) is 0 Å². The summed E-state index contributed by atoms with van der Waals surface area (Å²) in [5.41, 5.74) is 1.01. The number of carbonyl (C=O) groups excluding carboxylic acids is 1. The van der Waals surface area contributed by atoms with E-state index in [9.17, 15) is 4.79 Å². The smallest absolute Gasteiger partial charge is 0.138 e. The minimum atomic E-state index is 0.248. The number of rotatable bonds is 6. The van der Waals surface area contributed by atoms with Crippen molar-refractivity contribution in [1.82, 2.24) is 5.32 Å². The standard InChI is InChI=1S/C12H17NO2/c1-13-7-6-11(14)8-10-4-3-5-12(9-10)15-2/h3-5,9,13H,6-8H2,1-2H3. The van der Waals surface area contributed by atoms with Crippen LogP contribution in [0.25, 0.3) is 0 Å². The second-order valence-corrected chi connectivity index (χ2v) is 3.42. The van der Waals surface area contributed by atoms with E-state index in [1.54, 1.807) is 7.11 Å². The molecule has 0 aliphatic rings. The molecule has 0 heterocycles. The quantitative estimate of drug-likeness (QED) is 0.766. The molecule has 1 N–H and O–H groups in total. The molecular formula is C12H17NO2. The molecular weight excluding hydrogens is 190 g/mol. The first-order valence-corrected chi connectivity index (χ1v) is 5.05. The van der Waals surface area contributed by atoms with Gasteiger partial charge in [-0.15, -0.1) is 0 Å². The van der Waals surface area contributed by atoms with Gasteiger partial charge in [0.05, 0.1) is 7.11 Å². The van der Waals surface area contributed by atoms with Crippen LogP contribution in [0, 0.1) is 0 Å². The van der Waals surface area contributed by atoms with E-state index in [0.717, 1.165) is 17.9 Å². The van der Waals surface area contributed by atoms with E-state index < -0.39 is 0 Å². The largest absolute Gasteiger partial charge is 0.497 e. The molecule has 0 aliphatic heterocycles. The first-order valence-electron chi connectivity index (χ1n) is 5.05. The number of nitrogens with one attached hydrogen (secondary N) is 1. The summed E-state index contributed by atoms with van der Waals surface area (Å²) in [6.45, 7) is 0.739. The highest BCUT2D eigenvalue weighted by molar-refractivity contribution is 5.81. The molecule has 1 aromatic rings. The van der Waals surface area contributed by atoms with Crippen molar-refractivity contribution in [3.05, 3.63) is 29.8 Å². The summed E-state index contributed by atoms with van der Waals surface area (Å²) in [5.74, 6) is 1.05. The lowest BCUT2D eigenvalue weighted by Gasteiger charge is -2.03. The maximum absolute atomic E-state index is 11.5. The molecule has 15 heavy (non-hydrogen) atoms. The molecule has 0 radical (unpaired) electrons. The monoisotopic (exact) mass is 207 g/mol. The summed E-state index contributed by atoms with van der Waals surface area (Å²) >= 11 is 0. The zero-order chi connectivity index (χ0) is 11.1. The molecule has 0 fully saturated rings. The topological polar surface area (TPSA) is 38.3 Å². The normalized spacial score (nSPS) is 10.0. The molecule has 1 rings (SSSR count). The minimum absolute atomic E-state index is 0.248. The van der Waals surface area contributed by atoms with Gasteiger partial charge in [0.2, 0.25) is 0 Å². The average Bonchev–Trinajstić information content (AvgIpc) is 2.26. The van der Waals surface area contributed by atoms with Gasteiger partial charge in [-0.3, -0.25) is 4.79 Å². The lowest BCUT2D eigenvalue weighted by atomic mass is 10.1. The molecule has 3 heteroatoms. The van der Waals surface area contributed by atoms with Gasteiger partial charge in [0.1, 0.15) is 11.5 Å². The number of carbonyl (C=O) groups is 1. The third-order valence-electron chi connectivity index (χ3n) is 2.19. The number of hydrogen-bond acceptors (Lipinski definition) is 3. The van der Waals surface area contributed by atoms with E-state index in [2.05, 4.69) is 5.32 Å². The van der Waals surface area contributed by atoms with Crippen molar-refractivity contribution in [3.8, 4) is 5.75 Å². The number of Topliss-reactive ketones (excluding diaryl/α,β-unsaturated/α-hetero) is 1. The molecule has 0 aromatic heterocycles. The fourth-order valence-electron chi connectivity index (χ4n) is 1.36. The zero-order valence-electron chi connectivity index (χ0n) is 9.25. The predicted octanol–water partition coefficient (Wildman–Crippen LogP) is 1.42. The number of methoxy groups -OCH3 is 1. The number of benzene rings is 1. The van der Waals surface area contributed by atoms with Crippen LogP contribution >= 0.6 is 0 Å². The van der Waals surface area contributed by atoms with Gasteiger partial charge < -0.3 is 10.1 Å². The van der Waals surface area contributed by atoms with Crippen molar-refractivity contribution in [2.24, 2.45) is 0 Å². The molecule has 0 amide bonds. The van der Waals surface area contributed by atoms with Gasteiger partial charge in [0, 0.05) is 19.4 Å². The molecule has 0 aliphatic carbocycles. The Bertz CT molecular complexity index is 323. The Hall–Kier alpha value is -1.35. The molecule has 0 saturated carbocycles. The van der Waals surface area contributed by atoms with Crippen LogP contribution in [-0.4, -0.2) is 26.5 Å². The maximum Gasteiger partial charge on any atom is 0.138 e. The third kappa shape index (κ3) is 4.13. The average molecular weight is 207 g/mol. The molecule has 3 nitrogen and oxygen atoms in total. The van der Waals surface area contributed by atoms with Crippen LogP contribution in [-0.2, 0) is 11.2 Å². The molecule has 0 atom stereocenters. The van der Waals surface area contributed by atoms with Gasteiger partial charge in [0.25, 0.3) is 0 Å². The van der Waals surface area contributed by atoms with Crippen molar-refractivity contribution < 1.29 is 9.53 Å². The van der Waals surface area contributed by atoms with Crippen molar-refractivity contribution in [1.29, 1.82) is 0 Å². The Kier molecular flexibility index (Phi) is 4.84. The van der Waals surface area contributed by atoms with Crippen molar-refractivity contribution in [3.63, 3.8) is 0 Å². The number of hydrogen-bond donors (Lipinski definition) is 1. The second kappa shape index (κ2) is 6.19. The van der Waals surface area contributed by atoms with Crippen LogP contribution in [0.5, 0.6) is 5.75 Å². The van der Waals surface area contributed by atoms with E-state index >= 15 is 0 Å². The zero-order valence-corrected chi connectivity index (χ0v) is 9.25. The van der Waals surface area contributed by atoms with Crippen LogP contribution in [0.4, 0.5) is 0 Å². The first kappa shape index (κ1) is 11.7. The van der Waals surface area contributed by atoms with Gasteiger partial charge in [-0.05, 0) is 24.7 Å². The Balaban J connectivity index is 2.52. The third-order valence-corrected chi connectivity index (χ3v) is 2.19. The van der Waals surface area contributed by atoms with E-state index in [1.165, 1.54) is 0 Å². The van der Waals surface area contributed by atoms with Crippen LogP contribution in [0.1, 0.15) is 12.0 Å². The number of ketones is 1. The first-order chi connectivity index (χ1) is 7.26. The Morgan fingerprint density at radius 3 is 2.93 bits per heavy atom. The Morgan fingerprint density at radius 1 is 1.47 bits per heavy atom. The van der Waals surface area contributed by atoms with Crippen LogP contribution in [0.15, 0.2) is 24.3 Å². The molecule has 0 spiro atoms. The van der Waals surface area contributed by atoms with Crippen LogP contribution < -0.4 is 10.1 Å². The van der Waals surface area contributed by atoms with E-state index in [1.807, 2.05) is 31.3 Å².